The van der Waals surface area contributed by atoms with Crippen molar-refractivity contribution in [3.63, 3.8) is 0 Å². The van der Waals surface area contributed by atoms with Crippen molar-refractivity contribution in [1.29, 1.82) is 0 Å². The Labute approximate surface area is 119 Å². The molecule has 0 spiro atoms. The third-order valence-corrected chi connectivity index (χ3v) is 3.56. The fourth-order valence-corrected chi connectivity index (χ4v) is 2.30. The first-order valence-corrected chi connectivity index (χ1v) is 6.69. The Balaban J connectivity index is 2.17. The maximum absolute atomic E-state index is 11.9. The lowest BCUT2D eigenvalue weighted by atomic mass is 10.2. The summed E-state index contributed by atoms with van der Waals surface area (Å²) in [6, 6.07) is 4.91. The predicted molar refractivity (Wildman–Crippen MR) is 78.8 cm³/mol. The number of urea groups is 1. The molecule has 0 radical (unpaired) electrons. The van der Waals surface area contributed by atoms with Crippen molar-refractivity contribution in [3.8, 4) is 0 Å². The van der Waals surface area contributed by atoms with Crippen molar-refractivity contribution >= 4 is 52.6 Å². The molecule has 0 fully saturated rings. The van der Waals surface area contributed by atoms with Gasteiger partial charge in [0.15, 0.2) is 5.13 Å². The van der Waals surface area contributed by atoms with Gasteiger partial charge in [-0.05, 0) is 24.6 Å². The highest BCUT2D eigenvalue weighted by Crippen LogP contribution is 2.26. The monoisotopic (exact) mass is 299 g/mol. The standard InChI is InChI=1S/C11H10ClN3OS2/c1-7-2-3-8(12)6-9(7)15(17)11(16)14-10-13-4-5-18-10/h2-6,17H,1H3,(H,13,14,16). The number of thiazole rings is 1. The Hall–Kier alpha value is -1.24. The van der Waals surface area contributed by atoms with Crippen molar-refractivity contribution in [2.75, 3.05) is 9.62 Å². The summed E-state index contributed by atoms with van der Waals surface area (Å²) >= 11 is 11.4. The van der Waals surface area contributed by atoms with E-state index >= 15 is 0 Å². The van der Waals surface area contributed by atoms with Crippen molar-refractivity contribution in [2.45, 2.75) is 6.92 Å². The Morgan fingerprint density at radius 1 is 1.56 bits per heavy atom. The fourth-order valence-electron chi connectivity index (χ4n) is 1.35. The van der Waals surface area contributed by atoms with Gasteiger partial charge in [-0.2, -0.15) is 0 Å². The van der Waals surface area contributed by atoms with Crippen LogP contribution in [-0.2, 0) is 0 Å². The average Bonchev–Trinajstić information content (AvgIpc) is 2.84. The lowest BCUT2D eigenvalue weighted by Gasteiger charge is -2.17. The Bertz CT molecular complexity index is 559. The van der Waals surface area contributed by atoms with Crippen LogP contribution in [0, 0.1) is 6.92 Å². The van der Waals surface area contributed by atoms with Gasteiger partial charge in [-0.3, -0.25) is 5.32 Å². The summed E-state index contributed by atoms with van der Waals surface area (Å²) in [7, 11) is 0. The first kappa shape index (κ1) is 13.2. The first-order chi connectivity index (χ1) is 8.58. The fraction of sp³-hybridized carbons (Fsp3) is 0.0909. The highest BCUT2D eigenvalue weighted by Gasteiger charge is 2.15. The minimum atomic E-state index is -0.376. The van der Waals surface area contributed by atoms with Gasteiger partial charge in [0.25, 0.3) is 0 Å². The molecule has 0 atom stereocenters. The molecule has 0 saturated carbocycles. The molecule has 18 heavy (non-hydrogen) atoms. The van der Waals surface area contributed by atoms with E-state index in [-0.39, 0.29) is 6.03 Å². The molecule has 2 amide bonds. The molecule has 7 heteroatoms. The van der Waals surface area contributed by atoms with Crippen LogP contribution in [-0.4, -0.2) is 11.0 Å². The molecule has 1 aromatic carbocycles. The molecule has 0 bridgehead atoms. The number of benzene rings is 1. The zero-order chi connectivity index (χ0) is 13.1. The van der Waals surface area contributed by atoms with Crippen molar-refractivity contribution in [3.05, 3.63) is 40.4 Å². The van der Waals surface area contributed by atoms with Crippen molar-refractivity contribution in [1.82, 2.24) is 4.98 Å². The van der Waals surface area contributed by atoms with E-state index in [1.54, 1.807) is 23.7 Å². The van der Waals surface area contributed by atoms with E-state index in [1.807, 2.05) is 13.0 Å². The number of hydrogen-bond acceptors (Lipinski definition) is 4. The normalized spacial score (nSPS) is 10.2. The van der Waals surface area contributed by atoms with Crippen LogP contribution >= 0.6 is 35.8 Å². The Morgan fingerprint density at radius 2 is 2.33 bits per heavy atom. The molecular formula is C11H10ClN3OS2. The summed E-state index contributed by atoms with van der Waals surface area (Å²) in [6.07, 6.45) is 1.62. The van der Waals surface area contributed by atoms with Crippen LogP contribution in [0.4, 0.5) is 15.6 Å². The molecule has 0 saturated heterocycles. The number of carbonyl (C=O) groups excluding carboxylic acids is 1. The molecule has 1 heterocycles. The minimum absolute atomic E-state index is 0.376. The van der Waals surface area contributed by atoms with Gasteiger partial charge in [-0.25, -0.2) is 14.1 Å². The molecule has 1 aromatic heterocycles. The van der Waals surface area contributed by atoms with Crippen LogP contribution in [0.5, 0.6) is 0 Å². The topological polar surface area (TPSA) is 45.2 Å². The van der Waals surface area contributed by atoms with Gasteiger partial charge in [0.05, 0.1) is 5.69 Å². The number of hydrogen-bond donors (Lipinski definition) is 2. The Kier molecular flexibility index (Phi) is 4.11. The number of aryl methyl sites for hydroxylation is 1. The largest absolute Gasteiger partial charge is 0.338 e. The highest BCUT2D eigenvalue weighted by molar-refractivity contribution is 7.82. The minimum Gasteiger partial charge on any atom is -0.282 e. The van der Waals surface area contributed by atoms with Gasteiger partial charge < -0.3 is 0 Å². The Morgan fingerprint density at radius 3 is 3.00 bits per heavy atom. The molecule has 2 rings (SSSR count). The van der Waals surface area contributed by atoms with Gasteiger partial charge in [0.1, 0.15) is 0 Å². The van der Waals surface area contributed by atoms with E-state index < -0.39 is 0 Å². The number of amides is 2. The quantitative estimate of drug-likeness (QED) is 0.824. The zero-order valence-electron chi connectivity index (χ0n) is 9.42. The maximum atomic E-state index is 11.9. The molecule has 0 aliphatic carbocycles. The predicted octanol–water partition coefficient (Wildman–Crippen LogP) is 3.99. The number of nitrogens with one attached hydrogen (secondary N) is 1. The highest BCUT2D eigenvalue weighted by atomic mass is 35.5. The zero-order valence-corrected chi connectivity index (χ0v) is 11.9. The second-order valence-corrected chi connectivity index (χ2v) is 5.24. The SMILES string of the molecule is Cc1ccc(Cl)cc1N(S)C(=O)Nc1nccs1. The van der Waals surface area contributed by atoms with E-state index in [4.69, 9.17) is 11.6 Å². The molecule has 0 unspecified atom stereocenters. The second-order valence-electron chi connectivity index (χ2n) is 3.51. The molecule has 2 aromatic rings. The lowest BCUT2D eigenvalue weighted by molar-refractivity contribution is 0.260. The number of nitrogens with zero attached hydrogens (tertiary/aromatic N) is 2. The molecule has 4 nitrogen and oxygen atoms in total. The maximum Gasteiger partial charge on any atom is 0.338 e. The number of thiol groups is 1. The number of carbonyl (C=O) groups is 1. The lowest BCUT2D eigenvalue weighted by Crippen LogP contribution is -2.27. The van der Waals surface area contributed by atoms with Gasteiger partial charge in [0, 0.05) is 16.6 Å². The van der Waals surface area contributed by atoms with Crippen LogP contribution in [0.15, 0.2) is 29.8 Å². The smallest absolute Gasteiger partial charge is 0.282 e. The van der Waals surface area contributed by atoms with E-state index in [1.165, 1.54) is 15.6 Å². The number of rotatable bonds is 2. The summed E-state index contributed by atoms with van der Waals surface area (Å²) in [5, 5.41) is 5.50. The van der Waals surface area contributed by atoms with E-state index in [9.17, 15) is 4.79 Å². The number of anilines is 2. The van der Waals surface area contributed by atoms with Crippen LogP contribution in [0.3, 0.4) is 0 Å². The molecule has 1 N–H and O–H groups in total. The van der Waals surface area contributed by atoms with E-state index in [0.29, 0.717) is 15.8 Å². The summed E-state index contributed by atoms with van der Waals surface area (Å²) in [5.74, 6) is 0. The van der Waals surface area contributed by atoms with Crippen molar-refractivity contribution < 1.29 is 4.79 Å². The summed E-state index contributed by atoms with van der Waals surface area (Å²) in [5.41, 5.74) is 1.54. The number of halogens is 1. The molecule has 0 aliphatic heterocycles. The molecule has 0 aliphatic rings. The van der Waals surface area contributed by atoms with Crippen LogP contribution in [0.2, 0.25) is 5.02 Å². The van der Waals surface area contributed by atoms with Gasteiger partial charge in [-0.15, -0.1) is 11.3 Å². The van der Waals surface area contributed by atoms with E-state index in [0.717, 1.165) is 5.56 Å². The summed E-state index contributed by atoms with van der Waals surface area (Å²) in [6.45, 7) is 1.88. The van der Waals surface area contributed by atoms with Crippen LogP contribution in [0.1, 0.15) is 5.56 Å². The summed E-state index contributed by atoms with van der Waals surface area (Å²) in [4.78, 5) is 15.9. The van der Waals surface area contributed by atoms with Crippen LogP contribution < -0.4 is 9.62 Å². The van der Waals surface area contributed by atoms with Crippen molar-refractivity contribution in [2.24, 2.45) is 0 Å². The second kappa shape index (κ2) is 5.60. The average molecular weight is 300 g/mol. The first-order valence-electron chi connectivity index (χ1n) is 5.03. The van der Waals surface area contributed by atoms with Gasteiger partial charge in [0.2, 0.25) is 0 Å². The number of aromatic nitrogens is 1. The van der Waals surface area contributed by atoms with Gasteiger partial charge >= 0.3 is 6.03 Å². The van der Waals surface area contributed by atoms with Crippen LogP contribution in [0.25, 0.3) is 0 Å². The van der Waals surface area contributed by atoms with Gasteiger partial charge in [-0.1, -0.05) is 30.5 Å². The summed E-state index contributed by atoms with van der Waals surface area (Å²) < 4.78 is 1.21. The molecular weight excluding hydrogens is 290 g/mol. The third kappa shape index (κ3) is 2.95. The third-order valence-electron chi connectivity index (χ3n) is 2.24. The van der Waals surface area contributed by atoms with E-state index in [2.05, 4.69) is 23.1 Å². The molecule has 94 valence electrons.